The molecule has 0 fully saturated rings. The molecule has 0 saturated heterocycles. The van der Waals surface area contributed by atoms with E-state index >= 15 is 0 Å². The van der Waals surface area contributed by atoms with Crippen LogP contribution in [0.5, 0.6) is 23.0 Å². The van der Waals surface area contributed by atoms with E-state index in [-0.39, 0.29) is 17.2 Å². The number of aryl methyl sites for hydroxylation is 2. The van der Waals surface area contributed by atoms with Crippen LogP contribution in [0.1, 0.15) is 92.8 Å². The molecule has 1 N–H and O–H groups in total. The molecule has 2 rings (SSSR count). The fraction of sp³-hybridized carbons (Fsp3) is 0.536. The molecule has 0 radical (unpaired) electrons. The minimum Gasteiger partial charge on any atom is -0.495 e. The maximum atomic E-state index is 12.3. The predicted octanol–water partition coefficient (Wildman–Crippen LogP) is 7.91. The quantitative estimate of drug-likeness (QED) is 0.310. The molecule has 0 spiro atoms. The van der Waals surface area contributed by atoms with E-state index in [0.29, 0.717) is 29.8 Å². The van der Waals surface area contributed by atoms with E-state index in [2.05, 4.69) is 27.7 Å². The molecule has 0 aliphatic heterocycles. The van der Waals surface area contributed by atoms with Gasteiger partial charge in [0.15, 0.2) is 11.5 Å². The average molecular weight is 457 g/mol. The lowest BCUT2D eigenvalue weighted by Crippen LogP contribution is -2.09. The molecule has 0 saturated carbocycles. The van der Waals surface area contributed by atoms with Crippen LogP contribution in [0.4, 0.5) is 0 Å². The topological polar surface area (TPSA) is 65.0 Å². The van der Waals surface area contributed by atoms with Crippen molar-refractivity contribution in [1.29, 1.82) is 0 Å². The summed E-state index contributed by atoms with van der Waals surface area (Å²) < 4.78 is 17.9. The van der Waals surface area contributed by atoms with Gasteiger partial charge in [-0.25, -0.2) is 4.79 Å². The Morgan fingerprint density at radius 1 is 1.00 bits per heavy atom. The zero-order chi connectivity index (χ0) is 24.5. The van der Waals surface area contributed by atoms with Crippen LogP contribution in [0.25, 0.3) is 0 Å². The van der Waals surface area contributed by atoms with E-state index in [1.54, 1.807) is 6.07 Å². The first-order valence-corrected chi connectivity index (χ1v) is 12.1. The molecule has 0 aliphatic rings. The third kappa shape index (κ3) is 7.15. The number of rotatable bonds is 13. The van der Waals surface area contributed by atoms with Crippen molar-refractivity contribution < 1.29 is 24.1 Å². The Kier molecular flexibility index (Phi) is 10.1. The Hall–Kier alpha value is -2.69. The van der Waals surface area contributed by atoms with Crippen LogP contribution in [-0.4, -0.2) is 24.8 Å². The molecule has 2 aromatic rings. The van der Waals surface area contributed by atoms with Gasteiger partial charge in [-0.1, -0.05) is 59.1 Å². The van der Waals surface area contributed by atoms with Crippen LogP contribution in [0.15, 0.2) is 24.3 Å². The molecule has 182 valence electrons. The standard InChI is InChI=1S/C28H40O5/c1-8-9-10-11-14-32-24-17-19(4)16-21(6)26(24)33-23-13-12-22(20(5)15-18(2)3)27(31-7)25(23)28(29)30/h12-13,16-18,20H,8-11,14-15H2,1-7H3,(H,29,30)/t20-/m0/s1. The number of methoxy groups -OCH3 is 1. The summed E-state index contributed by atoms with van der Waals surface area (Å²) in [6, 6.07) is 7.61. The molecule has 0 aromatic heterocycles. The van der Waals surface area contributed by atoms with Crippen molar-refractivity contribution in [3.05, 3.63) is 46.5 Å². The lowest BCUT2D eigenvalue weighted by Gasteiger charge is -2.22. The molecule has 33 heavy (non-hydrogen) atoms. The van der Waals surface area contributed by atoms with Crippen LogP contribution in [0, 0.1) is 19.8 Å². The second-order valence-electron chi connectivity index (χ2n) is 9.32. The fourth-order valence-electron chi connectivity index (χ4n) is 4.28. The molecule has 5 nitrogen and oxygen atoms in total. The van der Waals surface area contributed by atoms with Gasteiger partial charge < -0.3 is 19.3 Å². The maximum absolute atomic E-state index is 12.3. The normalized spacial score (nSPS) is 12.0. The molecule has 0 heterocycles. The van der Waals surface area contributed by atoms with E-state index in [9.17, 15) is 9.90 Å². The van der Waals surface area contributed by atoms with Gasteiger partial charge in [-0.15, -0.1) is 0 Å². The highest BCUT2D eigenvalue weighted by Gasteiger charge is 2.26. The van der Waals surface area contributed by atoms with E-state index in [1.807, 2.05) is 32.0 Å². The summed E-state index contributed by atoms with van der Waals surface area (Å²) >= 11 is 0. The van der Waals surface area contributed by atoms with Crippen molar-refractivity contribution in [3.63, 3.8) is 0 Å². The Bertz CT molecular complexity index is 932. The third-order valence-electron chi connectivity index (χ3n) is 5.78. The van der Waals surface area contributed by atoms with Gasteiger partial charge in [-0.3, -0.25) is 0 Å². The first-order chi connectivity index (χ1) is 15.7. The summed E-state index contributed by atoms with van der Waals surface area (Å²) in [4.78, 5) is 12.3. The second kappa shape index (κ2) is 12.5. The number of ether oxygens (including phenoxy) is 3. The van der Waals surface area contributed by atoms with Gasteiger partial charge in [0.2, 0.25) is 0 Å². The summed E-state index contributed by atoms with van der Waals surface area (Å²) in [5.41, 5.74) is 2.88. The molecule has 0 bridgehead atoms. The molecular weight excluding hydrogens is 416 g/mol. The smallest absolute Gasteiger partial charge is 0.343 e. The van der Waals surface area contributed by atoms with E-state index < -0.39 is 5.97 Å². The highest BCUT2D eigenvalue weighted by atomic mass is 16.5. The zero-order valence-corrected chi connectivity index (χ0v) is 21.3. The first kappa shape index (κ1) is 26.6. The molecule has 5 heteroatoms. The van der Waals surface area contributed by atoms with Crippen LogP contribution in [0.2, 0.25) is 0 Å². The maximum Gasteiger partial charge on any atom is 0.343 e. The number of carboxylic acid groups (broad SMARTS) is 1. The molecule has 0 unspecified atom stereocenters. The largest absolute Gasteiger partial charge is 0.495 e. The van der Waals surface area contributed by atoms with E-state index in [0.717, 1.165) is 36.0 Å². The number of carboxylic acids is 1. The minimum absolute atomic E-state index is 0.0412. The highest BCUT2D eigenvalue weighted by Crippen LogP contribution is 2.42. The van der Waals surface area contributed by atoms with Crippen LogP contribution in [0.3, 0.4) is 0 Å². The Morgan fingerprint density at radius 2 is 1.73 bits per heavy atom. The van der Waals surface area contributed by atoms with Crippen molar-refractivity contribution in [3.8, 4) is 23.0 Å². The van der Waals surface area contributed by atoms with E-state index in [4.69, 9.17) is 14.2 Å². The molecule has 1 atom stereocenters. The number of unbranched alkanes of at least 4 members (excludes halogenated alkanes) is 3. The van der Waals surface area contributed by atoms with Crippen LogP contribution < -0.4 is 14.2 Å². The number of hydrogen-bond acceptors (Lipinski definition) is 4. The minimum atomic E-state index is -1.08. The number of aromatic carboxylic acids is 1. The van der Waals surface area contributed by atoms with Crippen molar-refractivity contribution in [2.45, 2.75) is 79.6 Å². The predicted molar refractivity (Wildman–Crippen MR) is 133 cm³/mol. The third-order valence-corrected chi connectivity index (χ3v) is 5.78. The van der Waals surface area contributed by atoms with Gasteiger partial charge in [0.05, 0.1) is 13.7 Å². The summed E-state index contributed by atoms with van der Waals surface area (Å²) in [7, 11) is 1.51. The molecule has 0 aliphatic carbocycles. The van der Waals surface area contributed by atoms with Crippen LogP contribution in [-0.2, 0) is 0 Å². The Morgan fingerprint density at radius 3 is 2.33 bits per heavy atom. The highest BCUT2D eigenvalue weighted by molar-refractivity contribution is 5.95. The zero-order valence-electron chi connectivity index (χ0n) is 21.3. The summed E-state index contributed by atoms with van der Waals surface area (Å²) in [5.74, 6) is 1.37. The second-order valence-corrected chi connectivity index (χ2v) is 9.32. The number of benzene rings is 2. The average Bonchev–Trinajstić information content (AvgIpc) is 2.74. The summed E-state index contributed by atoms with van der Waals surface area (Å²) in [6.45, 7) is 13.1. The lowest BCUT2D eigenvalue weighted by atomic mass is 9.90. The van der Waals surface area contributed by atoms with Crippen molar-refractivity contribution >= 4 is 5.97 Å². The number of hydrogen-bond donors (Lipinski definition) is 1. The van der Waals surface area contributed by atoms with Crippen molar-refractivity contribution in [2.75, 3.05) is 13.7 Å². The van der Waals surface area contributed by atoms with Gasteiger partial charge >= 0.3 is 5.97 Å². The van der Waals surface area contributed by atoms with Gasteiger partial charge in [0.1, 0.15) is 17.1 Å². The number of carbonyl (C=O) groups is 1. The molecule has 2 aromatic carbocycles. The van der Waals surface area contributed by atoms with Crippen molar-refractivity contribution in [2.24, 2.45) is 5.92 Å². The monoisotopic (exact) mass is 456 g/mol. The van der Waals surface area contributed by atoms with Crippen molar-refractivity contribution in [1.82, 2.24) is 0 Å². The Labute approximate surface area is 199 Å². The van der Waals surface area contributed by atoms with Gasteiger partial charge in [-0.2, -0.15) is 0 Å². The Balaban J connectivity index is 2.44. The van der Waals surface area contributed by atoms with Gasteiger partial charge in [0.25, 0.3) is 0 Å². The van der Waals surface area contributed by atoms with E-state index in [1.165, 1.54) is 20.0 Å². The summed E-state index contributed by atoms with van der Waals surface area (Å²) in [5, 5.41) is 10.1. The fourth-order valence-corrected chi connectivity index (χ4v) is 4.28. The SMILES string of the molecule is CCCCCCOc1cc(C)cc(C)c1Oc1ccc([C@@H](C)CC(C)C)c(OC)c1C(=O)O. The van der Waals surface area contributed by atoms with Gasteiger partial charge in [0, 0.05) is 0 Å². The molecule has 0 amide bonds. The molecular formula is C28H40O5. The first-order valence-electron chi connectivity index (χ1n) is 12.1. The summed E-state index contributed by atoms with van der Waals surface area (Å²) in [6.07, 6.45) is 5.37. The van der Waals surface area contributed by atoms with Gasteiger partial charge in [-0.05, 0) is 67.3 Å². The van der Waals surface area contributed by atoms with Crippen LogP contribution >= 0.6 is 0 Å². The lowest BCUT2D eigenvalue weighted by molar-refractivity contribution is 0.0690.